The molecule has 0 bridgehead atoms. The van der Waals surface area contributed by atoms with Crippen LogP contribution in [-0.4, -0.2) is 18.0 Å². The van der Waals surface area contributed by atoms with Crippen molar-refractivity contribution in [3.05, 3.63) is 29.8 Å². The van der Waals surface area contributed by atoms with Crippen molar-refractivity contribution in [3.63, 3.8) is 0 Å². The van der Waals surface area contributed by atoms with Crippen LogP contribution < -0.4 is 9.47 Å². The van der Waals surface area contributed by atoms with Crippen molar-refractivity contribution in [1.29, 1.82) is 0 Å². The predicted molar refractivity (Wildman–Crippen MR) is 53.3 cm³/mol. The molecule has 1 N–H and O–H groups in total. The molecule has 3 nitrogen and oxygen atoms in total. The molecule has 1 heterocycles. The summed E-state index contributed by atoms with van der Waals surface area (Å²) >= 11 is 0. The second-order valence-electron chi connectivity index (χ2n) is 3.21. The van der Waals surface area contributed by atoms with Gasteiger partial charge in [-0.3, -0.25) is 0 Å². The number of fused-ring (bicyclic) bond motifs is 1. The molecule has 1 atom stereocenters. The van der Waals surface area contributed by atoms with Crippen LogP contribution in [0.3, 0.4) is 0 Å². The first-order valence-corrected chi connectivity index (χ1v) is 4.51. The van der Waals surface area contributed by atoms with E-state index >= 15 is 0 Å². The lowest BCUT2D eigenvalue weighted by Gasteiger charge is -1.98. The van der Waals surface area contributed by atoms with Crippen LogP contribution in [0.4, 0.5) is 0 Å². The number of benzene rings is 1. The van der Waals surface area contributed by atoms with Gasteiger partial charge in [-0.15, -0.1) is 0 Å². The van der Waals surface area contributed by atoms with Crippen LogP contribution in [0, 0.1) is 0 Å². The zero-order chi connectivity index (χ0) is 9.97. The Hall–Kier alpha value is -1.48. The third-order valence-electron chi connectivity index (χ3n) is 1.96. The average molecular weight is 192 g/mol. The molecule has 1 aliphatic rings. The zero-order valence-corrected chi connectivity index (χ0v) is 7.93. The summed E-state index contributed by atoms with van der Waals surface area (Å²) in [4.78, 5) is 0. The highest BCUT2D eigenvalue weighted by molar-refractivity contribution is 5.56. The molecule has 1 aromatic rings. The van der Waals surface area contributed by atoms with Crippen LogP contribution >= 0.6 is 0 Å². The van der Waals surface area contributed by atoms with E-state index < -0.39 is 6.10 Å². The van der Waals surface area contributed by atoms with Crippen LogP contribution in [0.5, 0.6) is 11.5 Å². The van der Waals surface area contributed by atoms with Crippen LogP contribution in [-0.2, 0) is 0 Å². The zero-order valence-electron chi connectivity index (χ0n) is 7.93. The van der Waals surface area contributed by atoms with Crippen LogP contribution in [0.2, 0.25) is 0 Å². The summed E-state index contributed by atoms with van der Waals surface area (Å²) in [5, 5.41) is 9.06. The van der Waals surface area contributed by atoms with Crippen LogP contribution in [0.25, 0.3) is 6.08 Å². The average Bonchev–Trinajstić information content (AvgIpc) is 2.61. The third kappa shape index (κ3) is 1.88. The van der Waals surface area contributed by atoms with E-state index in [1.807, 2.05) is 24.3 Å². The molecular formula is C11H12O3. The molecule has 0 radical (unpaired) electrons. The Morgan fingerprint density at radius 3 is 2.93 bits per heavy atom. The van der Waals surface area contributed by atoms with E-state index in [4.69, 9.17) is 14.6 Å². The van der Waals surface area contributed by atoms with Gasteiger partial charge in [0, 0.05) is 0 Å². The number of rotatable bonds is 2. The maximum absolute atomic E-state index is 9.06. The van der Waals surface area contributed by atoms with Crippen LogP contribution in [0.15, 0.2) is 24.3 Å². The van der Waals surface area contributed by atoms with Crippen molar-refractivity contribution in [2.24, 2.45) is 0 Å². The largest absolute Gasteiger partial charge is 0.454 e. The van der Waals surface area contributed by atoms with Gasteiger partial charge in [0.25, 0.3) is 0 Å². The Morgan fingerprint density at radius 1 is 1.36 bits per heavy atom. The summed E-state index contributed by atoms with van der Waals surface area (Å²) in [7, 11) is 0. The van der Waals surface area contributed by atoms with Gasteiger partial charge >= 0.3 is 0 Å². The summed E-state index contributed by atoms with van der Waals surface area (Å²) < 4.78 is 10.4. The van der Waals surface area contributed by atoms with Gasteiger partial charge in [-0.1, -0.05) is 18.2 Å². The Bertz CT molecular complexity index is 356. The molecule has 0 aromatic heterocycles. The second-order valence-corrected chi connectivity index (χ2v) is 3.21. The summed E-state index contributed by atoms with van der Waals surface area (Å²) in [6.45, 7) is 2.00. The van der Waals surface area contributed by atoms with Gasteiger partial charge in [0.2, 0.25) is 6.79 Å². The number of aliphatic hydroxyl groups excluding tert-OH is 1. The highest BCUT2D eigenvalue weighted by atomic mass is 16.7. The number of hydrogen-bond donors (Lipinski definition) is 1. The Balaban J connectivity index is 2.20. The van der Waals surface area contributed by atoms with E-state index in [1.54, 1.807) is 13.0 Å². The Morgan fingerprint density at radius 2 is 2.14 bits per heavy atom. The molecule has 0 aliphatic carbocycles. The van der Waals surface area contributed by atoms with Gasteiger partial charge < -0.3 is 14.6 Å². The third-order valence-corrected chi connectivity index (χ3v) is 1.96. The summed E-state index contributed by atoms with van der Waals surface area (Å²) in [5.41, 5.74) is 0.996. The quantitative estimate of drug-likeness (QED) is 0.776. The highest BCUT2D eigenvalue weighted by Gasteiger charge is 2.11. The number of ether oxygens (including phenoxy) is 2. The summed E-state index contributed by atoms with van der Waals surface area (Å²) in [6.07, 6.45) is 3.14. The molecule has 1 aromatic carbocycles. The molecule has 0 spiro atoms. The molecule has 0 saturated carbocycles. The smallest absolute Gasteiger partial charge is 0.231 e. The van der Waals surface area contributed by atoms with Gasteiger partial charge in [0.1, 0.15) is 0 Å². The highest BCUT2D eigenvalue weighted by Crippen LogP contribution is 2.32. The van der Waals surface area contributed by atoms with Crippen molar-refractivity contribution in [3.8, 4) is 11.5 Å². The normalized spacial score (nSPS) is 16.1. The lowest BCUT2D eigenvalue weighted by atomic mass is 10.2. The lowest BCUT2D eigenvalue weighted by Crippen LogP contribution is -1.92. The van der Waals surface area contributed by atoms with E-state index in [0.29, 0.717) is 6.79 Å². The minimum absolute atomic E-state index is 0.291. The molecule has 0 saturated heterocycles. The molecule has 14 heavy (non-hydrogen) atoms. The fraction of sp³-hybridized carbons (Fsp3) is 0.273. The number of aliphatic hydroxyl groups is 1. The molecular weight excluding hydrogens is 180 g/mol. The minimum Gasteiger partial charge on any atom is -0.454 e. The van der Waals surface area contributed by atoms with Crippen LogP contribution in [0.1, 0.15) is 12.5 Å². The molecule has 2 rings (SSSR count). The molecule has 1 unspecified atom stereocenters. The van der Waals surface area contributed by atoms with E-state index in [1.165, 1.54) is 0 Å². The van der Waals surface area contributed by atoms with E-state index in [2.05, 4.69) is 0 Å². The van der Waals surface area contributed by atoms with Crippen molar-refractivity contribution < 1.29 is 14.6 Å². The molecule has 0 amide bonds. The van der Waals surface area contributed by atoms with Gasteiger partial charge in [0.05, 0.1) is 6.10 Å². The topological polar surface area (TPSA) is 38.7 Å². The van der Waals surface area contributed by atoms with Gasteiger partial charge in [-0.2, -0.15) is 0 Å². The molecule has 0 fully saturated rings. The van der Waals surface area contributed by atoms with Crippen molar-refractivity contribution in [1.82, 2.24) is 0 Å². The first kappa shape index (κ1) is 9.09. The second kappa shape index (κ2) is 3.72. The summed E-state index contributed by atoms with van der Waals surface area (Å²) in [5.74, 6) is 1.54. The van der Waals surface area contributed by atoms with E-state index in [9.17, 15) is 0 Å². The molecule has 3 heteroatoms. The Kier molecular flexibility index (Phi) is 2.41. The maximum Gasteiger partial charge on any atom is 0.231 e. The standard InChI is InChI=1S/C11H12O3/c1-8(12)2-3-9-4-5-10-11(6-9)14-7-13-10/h2-6,8,12H,7H2,1H3. The predicted octanol–water partition coefficient (Wildman–Crippen LogP) is 1.81. The van der Waals surface area contributed by atoms with E-state index in [-0.39, 0.29) is 0 Å². The van der Waals surface area contributed by atoms with Crippen molar-refractivity contribution in [2.75, 3.05) is 6.79 Å². The number of hydrogen-bond acceptors (Lipinski definition) is 3. The lowest BCUT2D eigenvalue weighted by molar-refractivity contribution is 0.174. The minimum atomic E-state index is -0.430. The fourth-order valence-electron chi connectivity index (χ4n) is 1.27. The first-order chi connectivity index (χ1) is 6.75. The maximum atomic E-state index is 9.06. The molecule has 74 valence electrons. The molecule has 1 aliphatic heterocycles. The van der Waals surface area contributed by atoms with Crippen molar-refractivity contribution >= 4 is 6.08 Å². The van der Waals surface area contributed by atoms with Gasteiger partial charge in [0.15, 0.2) is 11.5 Å². The summed E-state index contributed by atoms with van der Waals surface area (Å²) in [6, 6.07) is 5.68. The van der Waals surface area contributed by atoms with E-state index in [0.717, 1.165) is 17.1 Å². The first-order valence-electron chi connectivity index (χ1n) is 4.51. The SMILES string of the molecule is CC(O)C=Cc1ccc2c(c1)OCO2. The van der Waals surface area contributed by atoms with Gasteiger partial charge in [-0.25, -0.2) is 0 Å². The van der Waals surface area contributed by atoms with Gasteiger partial charge in [-0.05, 0) is 24.6 Å². The van der Waals surface area contributed by atoms with Crippen molar-refractivity contribution in [2.45, 2.75) is 13.0 Å². The fourth-order valence-corrected chi connectivity index (χ4v) is 1.27. The monoisotopic (exact) mass is 192 g/mol. The Labute approximate surface area is 82.6 Å².